The molecule has 1 aromatic heterocycles. The highest BCUT2D eigenvalue weighted by Crippen LogP contribution is 2.07. The highest BCUT2D eigenvalue weighted by molar-refractivity contribution is 7.09. The van der Waals surface area contributed by atoms with E-state index >= 15 is 0 Å². The molecule has 1 aliphatic heterocycles. The van der Waals surface area contributed by atoms with Crippen molar-refractivity contribution in [1.29, 1.82) is 0 Å². The topological polar surface area (TPSA) is 15.3 Å². The Balaban J connectivity index is 1.72. The van der Waals surface area contributed by atoms with Crippen molar-refractivity contribution in [3.8, 4) is 11.8 Å². The minimum Gasteiger partial charge on any atom is -0.312 e. The van der Waals surface area contributed by atoms with Crippen LogP contribution in [0, 0.1) is 11.8 Å². The summed E-state index contributed by atoms with van der Waals surface area (Å²) in [6.07, 6.45) is 0.902. The van der Waals surface area contributed by atoms with Crippen molar-refractivity contribution < 1.29 is 0 Å². The molecule has 0 amide bonds. The molecule has 0 saturated carbocycles. The zero-order chi connectivity index (χ0) is 11.2. The maximum Gasteiger partial charge on any atom is 0.0602 e. The lowest BCUT2D eigenvalue weighted by Crippen LogP contribution is -2.49. The van der Waals surface area contributed by atoms with E-state index in [9.17, 15) is 0 Å². The maximum atomic E-state index is 3.44. The smallest absolute Gasteiger partial charge is 0.0602 e. The van der Waals surface area contributed by atoms with Crippen molar-refractivity contribution in [2.24, 2.45) is 0 Å². The zero-order valence-corrected chi connectivity index (χ0v) is 10.5. The predicted molar refractivity (Wildman–Crippen MR) is 69.7 cm³/mol. The number of rotatable bonds is 2. The van der Waals surface area contributed by atoms with Gasteiger partial charge in [0.15, 0.2) is 0 Å². The quantitative estimate of drug-likeness (QED) is 0.782. The van der Waals surface area contributed by atoms with Gasteiger partial charge in [0.2, 0.25) is 0 Å². The van der Waals surface area contributed by atoms with Crippen LogP contribution in [0.2, 0.25) is 0 Å². The monoisotopic (exact) mass is 234 g/mol. The van der Waals surface area contributed by atoms with Crippen LogP contribution in [0.1, 0.15) is 11.8 Å². The molecule has 0 radical (unpaired) electrons. The standard InChI is InChI=1S/C13H18N2S/c1-12-11-15(9-7-14-12)8-3-2-5-13-6-4-10-16-13/h4,6,10,12,14H,5,7-9,11H2,1H3. The third-order valence-electron chi connectivity index (χ3n) is 2.72. The first-order valence-corrected chi connectivity index (χ1v) is 6.66. The predicted octanol–water partition coefficient (Wildman–Crippen LogP) is 1.59. The lowest BCUT2D eigenvalue weighted by Gasteiger charge is -2.30. The van der Waals surface area contributed by atoms with Gasteiger partial charge in [-0.1, -0.05) is 17.9 Å². The van der Waals surface area contributed by atoms with E-state index in [1.807, 2.05) is 0 Å². The number of nitrogens with one attached hydrogen (secondary N) is 1. The van der Waals surface area contributed by atoms with Gasteiger partial charge in [-0.2, -0.15) is 0 Å². The van der Waals surface area contributed by atoms with Gasteiger partial charge >= 0.3 is 0 Å². The highest BCUT2D eigenvalue weighted by atomic mass is 32.1. The number of hydrogen-bond acceptors (Lipinski definition) is 3. The summed E-state index contributed by atoms with van der Waals surface area (Å²) in [5.41, 5.74) is 0. The molecule has 16 heavy (non-hydrogen) atoms. The first kappa shape index (κ1) is 11.7. The Kier molecular flexibility index (Phi) is 4.41. The summed E-state index contributed by atoms with van der Waals surface area (Å²) >= 11 is 1.78. The largest absolute Gasteiger partial charge is 0.312 e. The van der Waals surface area contributed by atoms with Crippen LogP contribution in [-0.2, 0) is 6.42 Å². The Hall–Kier alpha value is -0.820. The van der Waals surface area contributed by atoms with Gasteiger partial charge < -0.3 is 5.32 Å². The summed E-state index contributed by atoms with van der Waals surface area (Å²) in [4.78, 5) is 3.78. The average Bonchev–Trinajstić information content (AvgIpc) is 2.77. The molecular weight excluding hydrogens is 216 g/mol. The second-order valence-corrected chi connectivity index (χ2v) is 5.23. The van der Waals surface area contributed by atoms with Crippen LogP contribution in [0.25, 0.3) is 0 Å². The van der Waals surface area contributed by atoms with Gasteiger partial charge in [-0.05, 0) is 18.4 Å². The summed E-state index contributed by atoms with van der Waals surface area (Å²) in [6.45, 7) is 6.47. The fourth-order valence-electron chi connectivity index (χ4n) is 1.89. The number of nitrogens with zero attached hydrogens (tertiary/aromatic N) is 1. The molecule has 86 valence electrons. The van der Waals surface area contributed by atoms with E-state index in [4.69, 9.17) is 0 Å². The molecule has 1 aliphatic rings. The van der Waals surface area contributed by atoms with Gasteiger partial charge in [0.05, 0.1) is 6.54 Å². The van der Waals surface area contributed by atoms with Crippen molar-refractivity contribution in [2.75, 3.05) is 26.2 Å². The first-order valence-electron chi connectivity index (χ1n) is 5.78. The molecular formula is C13H18N2S. The van der Waals surface area contributed by atoms with E-state index in [0.717, 1.165) is 32.6 Å². The number of piperazine rings is 1. The molecule has 0 aromatic carbocycles. The molecule has 0 aliphatic carbocycles. The molecule has 1 saturated heterocycles. The van der Waals surface area contributed by atoms with Crippen molar-refractivity contribution in [1.82, 2.24) is 10.2 Å². The molecule has 3 heteroatoms. The Morgan fingerprint density at radius 2 is 2.50 bits per heavy atom. The molecule has 2 nitrogen and oxygen atoms in total. The van der Waals surface area contributed by atoms with Crippen molar-refractivity contribution in [2.45, 2.75) is 19.4 Å². The average molecular weight is 234 g/mol. The van der Waals surface area contributed by atoms with Crippen molar-refractivity contribution >= 4 is 11.3 Å². The van der Waals surface area contributed by atoms with Crippen LogP contribution in [0.4, 0.5) is 0 Å². The second-order valence-electron chi connectivity index (χ2n) is 4.20. The van der Waals surface area contributed by atoms with Gasteiger partial charge in [-0.25, -0.2) is 0 Å². The van der Waals surface area contributed by atoms with Gasteiger partial charge in [0.25, 0.3) is 0 Å². The summed E-state index contributed by atoms with van der Waals surface area (Å²) in [7, 11) is 0. The zero-order valence-electron chi connectivity index (χ0n) is 9.70. The van der Waals surface area contributed by atoms with Crippen LogP contribution in [0.3, 0.4) is 0 Å². The summed E-state index contributed by atoms with van der Waals surface area (Å²) in [5.74, 6) is 6.52. The maximum absolute atomic E-state index is 3.44. The molecule has 1 fully saturated rings. The molecule has 0 bridgehead atoms. The highest BCUT2D eigenvalue weighted by Gasteiger charge is 2.13. The van der Waals surface area contributed by atoms with E-state index in [0.29, 0.717) is 6.04 Å². The minimum absolute atomic E-state index is 0.604. The van der Waals surface area contributed by atoms with Crippen LogP contribution < -0.4 is 5.32 Å². The molecule has 0 spiro atoms. The number of hydrogen-bond donors (Lipinski definition) is 1. The second kappa shape index (κ2) is 6.05. The SMILES string of the molecule is CC1CN(CC#CCc2cccs2)CCN1. The number of thiophene rings is 1. The Morgan fingerprint density at radius 3 is 3.25 bits per heavy atom. The van der Waals surface area contributed by atoms with Gasteiger partial charge in [0.1, 0.15) is 0 Å². The van der Waals surface area contributed by atoms with E-state index in [2.05, 4.69) is 46.5 Å². The van der Waals surface area contributed by atoms with Crippen LogP contribution in [0.5, 0.6) is 0 Å². The minimum atomic E-state index is 0.604. The Morgan fingerprint density at radius 1 is 1.56 bits per heavy atom. The fourth-order valence-corrected chi connectivity index (χ4v) is 2.53. The van der Waals surface area contributed by atoms with Crippen LogP contribution in [-0.4, -0.2) is 37.1 Å². The Labute approximate surface area is 102 Å². The molecule has 1 unspecified atom stereocenters. The molecule has 2 heterocycles. The van der Waals surface area contributed by atoms with E-state index in [-0.39, 0.29) is 0 Å². The molecule has 2 rings (SSSR count). The van der Waals surface area contributed by atoms with Crippen molar-refractivity contribution in [3.63, 3.8) is 0 Å². The molecule has 1 N–H and O–H groups in total. The van der Waals surface area contributed by atoms with E-state index in [1.54, 1.807) is 11.3 Å². The summed E-state index contributed by atoms with van der Waals surface area (Å²) < 4.78 is 0. The lowest BCUT2D eigenvalue weighted by molar-refractivity contribution is 0.229. The van der Waals surface area contributed by atoms with E-state index < -0.39 is 0 Å². The normalized spacial score (nSPS) is 21.4. The van der Waals surface area contributed by atoms with E-state index in [1.165, 1.54) is 4.88 Å². The van der Waals surface area contributed by atoms with Crippen molar-refractivity contribution in [3.05, 3.63) is 22.4 Å². The van der Waals surface area contributed by atoms with Gasteiger partial charge in [-0.3, -0.25) is 4.90 Å². The van der Waals surface area contributed by atoms with Crippen LogP contribution >= 0.6 is 11.3 Å². The van der Waals surface area contributed by atoms with Gasteiger partial charge in [0, 0.05) is 37.0 Å². The van der Waals surface area contributed by atoms with Crippen LogP contribution in [0.15, 0.2) is 17.5 Å². The lowest BCUT2D eigenvalue weighted by atomic mass is 10.2. The Bertz CT molecular complexity index is 361. The summed E-state index contributed by atoms with van der Waals surface area (Å²) in [6, 6.07) is 4.83. The molecule has 1 aromatic rings. The fraction of sp³-hybridized carbons (Fsp3) is 0.538. The third-order valence-corrected chi connectivity index (χ3v) is 3.60. The summed E-state index contributed by atoms with van der Waals surface area (Å²) in [5, 5.41) is 5.54. The molecule has 1 atom stereocenters. The first-order chi connectivity index (χ1) is 7.84. The third kappa shape index (κ3) is 3.64. The van der Waals surface area contributed by atoms with Gasteiger partial charge in [-0.15, -0.1) is 11.3 Å².